The van der Waals surface area contributed by atoms with Gasteiger partial charge in [-0.15, -0.1) is 11.3 Å². The number of aryl methyl sites for hydroxylation is 2. The van der Waals surface area contributed by atoms with Gasteiger partial charge in [0.25, 0.3) is 0 Å². The third kappa shape index (κ3) is 3.98. The summed E-state index contributed by atoms with van der Waals surface area (Å²) in [6, 6.07) is 5.68. The van der Waals surface area contributed by atoms with Gasteiger partial charge in [0, 0.05) is 14.9 Å². The molecule has 1 heterocycles. The number of hydrogen-bond donors (Lipinski definition) is 1. The monoisotopic (exact) mass is 342 g/mol. The fourth-order valence-corrected chi connectivity index (χ4v) is 3.88. The number of halogens is 2. The van der Waals surface area contributed by atoms with Crippen molar-refractivity contribution in [1.82, 2.24) is 10.3 Å². The quantitative estimate of drug-likeness (QED) is 0.759. The molecular weight excluding hydrogens is 323 g/mol. The van der Waals surface area contributed by atoms with Crippen molar-refractivity contribution in [2.24, 2.45) is 0 Å². The van der Waals surface area contributed by atoms with Gasteiger partial charge in [0.15, 0.2) is 0 Å². The van der Waals surface area contributed by atoms with E-state index in [4.69, 9.17) is 28.2 Å². The van der Waals surface area contributed by atoms with Gasteiger partial charge >= 0.3 is 0 Å². The lowest BCUT2D eigenvalue weighted by atomic mass is 10.1. The molecule has 0 aliphatic heterocycles. The lowest BCUT2D eigenvalue weighted by molar-refractivity contribution is 0.595. The highest BCUT2D eigenvalue weighted by atomic mass is 35.5. The summed E-state index contributed by atoms with van der Waals surface area (Å²) in [4.78, 5) is 6.06. The minimum Gasteiger partial charge on any atom is -0.304 e. The molecule has 2 rings (SSSR count). The molecule has 0 aliphatic carbocycles. The molecule has 0 fully saturated rings. The number of hydrogen-bond acceptors (Lipinski definition) is 3. The molecule has 21 heavy (non-hydrogen) atoms. The number of nitrogens with zero attached hydrogens (tertiary/aromatic N) is 1. The Balaban J connectivity index is 2.41. The lowest BCUT2D eigenvalue weighted by Crippen LogP contribution is -2.23. The van der Waals surface area contributed by atoms with Crippen LogP contribution in [0, 0.1) is 6.92 Å². The van der Waals surface area contributed by atoms with E-state index in [-0.39, 0.29) is 6.04 Å². The number of rotatable bonds is 6. The van der Waals surface area contributed by atoms with E-state index < -0.39 is 0 Å². The Morgan fingerprint density at radius 2 is 2.05 bits per heavy atom. The molecule has 114 valence electrons. The minimum atomic E-state index is 0.0266. The van der Waals surface area contributed by atoms with E-state index >= 15 is 0 Å². The normalized spacial score (nSPS) is 12.6. The molecule has 1 unspecified atom stereocenters. The van der Waals surface area contributed by atoms with Crippen LogP contribution in [-0.4, -0.2) is 11.5 Å². The van der Waals surface area contributed by atoms with E-state index in [1.54, 1.807) is 17.4 Å². The maximum atomic E-state index is 6.39. The average molecular weight is 343 g/mol. The van der Waals surface area contributed by atoms with E-state index in [0.717, 1.165) is 30.0 Å². The predicted molar refractivity (Wildman–Crippen MR) is 92.8 cm³/mol. The number of benzene rings is 1. The molecule has 0 aliphatic rings. The van der Waals surface area contributed by atoms with Crippen LogP contribution in [0.5, 0.6) is 0 Å². The molecule has 1 aromatic carbocycles. The second-order valence-electron chi connectivity index (χ2n) is 4.96. The van der Waals surface area contributed by atoms with E-state index in [2.05, 4.69) is 26.1 Å². The Morgan fingerprint density at radius 3 is 2.62 bits per heavy atom. The van der Waals surface area contributed by atoms with Crippen molar-refractivity contribution in [3.05, 3.63) is 49.4 Å². The zero-order chi connectivity index (χ0) is 15.4. The largest absolute Gasteiger partial charge is 0.304 e. The molecule has 2 aromatic rings. The Hall–Kier alpha value is -0.610. The van der Waals surface area contributed by atoms with Crippen LogP contribution in [0.1, 0.15) is 47.5 Å². The third-order valence-electron chi connectivity index (χ3n) is 3.36. The zero-order valence-corrected chi connectivity index (χ0v) is 14.9. The first-order valence-corrected chi connectivity index (χ1v) is 8.78. The highest BCUT2D eigenvalue weighted by Crippen LogP contribution is 2.33. The first kappa shape index (κ1) is 16.8. The van der Waals surface area contributed by atoms with E-state index in [1.165, 1.54) is 10.6 Å². The van der Waals surface area contributed by atoms with Gasteiger partial charge in [-0.25, -0.2) is 4.98 Å². The number of nitrogens with one attached hydrogen (secondary N) is 1. The van der Waals surface area contributed by atoms with Crippen molar-refractivity contribution >= 4 is 34.5 Å². The van der Waals surface area contributed by atoms with Crippen molar-refractivity contribution in [3.63, 3.8) is 0 Å². The van der Waals surface area contributed by atoms with Crippen molar-refractivity contribution in [1.29, 1.82) is 0 Å². The van der Waals surface area contributed by atoms with Gasteiger partial charge in [-0.2, -0.15) is 0 Å². The van der Waals surface area contributed by atoms with Gasteiger partial charge < -0.3 is 5.32 Å². The summed E-state index contributed by atoms with van der Waals surface area (Å²) < 4.78 is 0. The van der Waals surface area contributed by atoms with Crippen LogP contribution in [0.3, 0.4) is 0 Å². The Morgan fingerprint density at radius 1 is 1.29 bits per heavy atom. The molecule has 1 aromatic heterocycles. The van der Waals surface area contributed by atoms with E-state index in [0.29, 0.717) is 10.0 Å². The van der Waals surface area contributed by atoms with Crippen molar-refractivity contribution in [3.8, 4) is 0 Å². The lowest BCUT2D eigenvalue weighted by Gasteiger charge is -2.18. The molecule has 0 bridgehead atoms. The van der Waals surface area contributed by atoms with Gasteiger partial charge in [0.2, 0.25) is 0 Å². The summed E-state index contributed by atoms with van der Waals surface area (Å²) in [5.41, 5.74) is 2.20. The summed E-state index contributed by atoms with van der Waals surface area (Å²) in [7, 11) is 0. The number of aromatic nitrogens is 1. The smallest absolute Gasteiger partial charge is 0.115 e. The fraction of sp³-hybridized carbons (Fsp3) is 0.438. The fourth-order valence-electron chi connectivity index (χ4n) is 2.26. The summed E-state index contributed by atoms with van der Waals surface area (Å²) in [6.45, 7) is 7.33. The second-order valence-corrected chi connectivity index (χ2v) is 7.04. The Labute approximate surface area is 140 Å². The predicted octanol–water partition coefficient (Wildman–Crippen LogP) is 5.41. The Kier molecular flexibility index (Phi) is 6.06. The van der Waals surface area contributed by atoms with Crippen LogP contribution in [-0.2, 0) is 6.42 Å². The molecule has 0 saturated heterocycles. The van der Waals surface area contributed by atoms with E-state index in [1.807, 2.05) is 12.1 Å². The van der Waals surface area contributed by atoms with Crippen LogP contribution in [0.4, 0.5) is 0 Å². The maximum absolute atomic E-state index is 6.39. The summed E-state index contributed by atoms with van der Waals surface area (Å²) >= 11 is 14.1. The highest BCUT2D eigenvalue weighted by Gasteiger charge is 2.21. The summed E-state index contributed by atoms with van der Waals surface area (Å²) in [5.74, 6) is 0. The molecule has 1 N–H and O–H groups in total. The third-order valence-corrected chi connectivity index (χ3v) is 5.00. The number of thiazole rings is 1. The minimum absolute atomic E-state index is 0.0266. The van der Waals surface area contributed by atoms with Gasteiger partial charge in [0.1, 0.15) is 5.01 Å². The Bertz CT molecular complexity index is 610. The molecule has 0 amide bonds. The van der Waals surface area contributed by atoms with Crippen LogP contribution < -0.4 is 5.32 Å². The molecule has 0 radical (unpaired) electrons. The first-order valence-electron chi connectivity index (χ1n) is 7.21. The van der Waals surface area contributed by atoms with Gasteiger partial charge in [0.05, 0.1) is 11.7 Å². The van der Waals surface area contributed by atoms with Gasteiger partial charge in [-0.1, -0.05) is 43.1 Å². The molecule has 0 spiro atoms. The highest BCUT2D eigenvalue weighted by molar-refractivity contribution is 7.11. The summed E-state index contributed by atoms with van der Waals surface area (Å²) in [5, 5.41) is 5.96. The van der Waals surface area contributed by atoms with Gasteiger partial charge in [-0.3, -0.25) is 0 Å². The first-order chi connectivity index (χ1) is 10.1. The van der Waals surface area contributed by atoms with Gasteiger partial charge in [-0.05, 0) is 44.0 Å². The van der Waals surface area contributed by atoms with Crippen LogP contribution in [0.25, 0.3) is 0 Å². The summed E-state index contributed by atoms with van der Waals surface area (Å²) in [6.07, 6.45) is 2.02. The van der Waals surface area contributed by atoms with Crippen molar-refractivity contribution < 1.29 is 0 Å². The molecule has 0 saturated carbocycles. The van der Waals surface area contributed by atoms with Crippen molar-refractivity contribution in [2.75, 3.05) is 6.54 Å². The van der Waals surface area contributed by atoms with Crippen LogP contribution >= 0.6 is 34.5 Å². The average Bonchev–Trinajstić information content (AvgIpc) is 2.82. The topological polar surface area (TPSA) is 24.9 Å². The second kappa shape index (κ2) is 7.59. The molecular formula is C16H20Cl2N2S. The zero-order valence-electron chi connectivity index (χ0n) is 12.5. The maximum Gasteiger partial charge on any atom is 0.115 e. The standard InChI is InChI=1S/C16H20Cl2N2S/c1-4-8-19-15(12-7-6-11(17)9-13(12)18)16-20-14(5-2)10(3)21-16/h6-7,9,15,19H,4-5,8H2,1-3H3. The molecule has 2 nitrogen and oxygen atoms in total. The molecule has 5 heteroatoms. The van der Waals surface area contributed by atoms with Crippen LogP contribution in [0.2, 0.25) is 10.0 Å². The molecule has 1 atom stereocenters. The van der Waals surface area contributed by atoms with Crippen LogP contribution in [0.15, 0.2) is 18.2 Å². The van der Waals surface area contributed by atoms with E-state index in [9.17, 15) is 0 Å². The SMILES string of the molecule is CCCNC(c1nc(CC)c(C)s1)c1ccc(Cl)cc1Cl. The van der Waals surface area contributed by atoms with Crippen molar-refractivity contribution in [2.45, 2.75) is 39.7 Å².